The van der Waals surface area contributed by atoms with Crippen molar-refractivity contribution >= 4 is 28.8 Å². The van der Waals surface area contributed by atoms with Crippen LogP contribution in [0.5, 0.6) is 0 Å². The van der Waals surface area contributed by atoms with E-state index < -0.39 is 5.97 Å². The molecule has 1 aromatic heterocycles. The molecule has 1 N–H and O–H groups in total. The Morgan fingerprint density at radius 2 is 2.22 bits per heavy atom. The molecule has 18 heavy (non-hydrogen) atoms. The van der Waals surface area contributed by atoms with Crippen molar-refractivity contribution in [3.63, 3.8) is 0 Å². The zero-order valence-corrected chi connectivity index (χ0v) is 11.4. The van der Waals surface area contributed by atoms with E-state index in [-0.39, 0.29) is 5.75 Å². The number of para-hydroxylation sites is 1. The third-order valence-corrected chi connectivity index (χ3v) is 3.46. The molecule has 0 atom stereocenters. The normalized spacial score (nSPS) is 10.8. The first kappa shape index (κ1) is 12.8. The molecule has 0 spiro atoms. The highest BCUT2D eigenvalue weighted by Crippen LogP contribution is 2.25. The van der Waals surface area contributed by atoms with Crippen LogP contribution in [0.1, 0.15) is 5.56 Å². The average Bonchev–Trinajstić information content (AvgIpc) is 2.66. The lowest BCUT2D eigenvalue weighted by Gasteiger charge is -2.18. The van der Waals surface area contributed by atoms with Gasteiger partial charge in [0.2, 0.25) is 0 Å². The van der Waals surface area contributed by atoms with Gasteiger partial charge in [0.1, 0.15) is 0 Å². The summed E-state index contributed by atoms with van der Waals surface area (Å²) >= 11 is 1.23. The SMILES string of the molecule is Cc1cccc2nc(SCC(=O)O)n(N(C)C)c12. The van der Waals surface area contributed by atoms with E-state index in [1.54, 1.807) is 0 Å². The number of carboxylic acid groups (broad SMARTS) is 1. The minimum atomic E-state index is -0.839. The second kappa shape index (κ2) is 4.89. The summed E-state index contributed by atoms with van der Waals surface area (Å²) in [7, 11) is 3.83. The number of benzene rings is 1. The number of hydrogen-bond acceptors (Lipinski definition) is 4. The van der Waals surface area contributed by atoms with Gasteiger partial charge >= 0.3 is 5.97 Å². The average molecular weight is 265 g/mol. The monoisotopic (exact) mass is 265 g/mol. The van der Waals surface area contributed by atoms with Gasteiger partial charge in [0, 0.05) is 14.1 Å². The lowest BCUT2D eigenvalue weighted by atomic mass is 10.2. The highest BCUT2D eigenvalue weighted by Gasteiger charge is 2.15. The Bertz CT molecular complexity index is 592. The Morgan fingerprint density at radius 1 is 1.50 bits per heavy atom. The lowest BCUT2D eigenvalue weighted by Crippen LogP contribution is -2.25. The number of aromatic nitrogens is 2. The molecule has 96 valence electrons. The van der Waals surface area contributed by atoms with E-state index in [1.165, 1.54) is 11.8 Å². The summed E-state index contributed by atoms with van der Waals surface area (Å²) in [6, 6.07) is 5.92. The van der Waals surface area contributed by atoms with E-state index in [2.05, 4.69) is 4.98 Å². The fraction of sp³-hybridized carbons (Fsp3) is 0.333. The number of imidazole rings is 1. The zero-order valence-electron chi connectivity index (χ0n) is 10.5. The van der Waals surface area contributed by atoms with Gasteiger partial charge in [-0.2, -0.15) is 0 Å². The number of hydrogen-bond donors (Lipinski definition) is 1. The molecule has 0 fully saturated rings. The summed E-state index contributed by atoms with van der Waals surface area (Å²) in [6.45, 7) is 2.02. The van der Waals surface area contributed by atoms with Crippen LogP contribution >= 0.6 is 11.8 Å². The molecule has 0 radical (unpaired) electrons. The highest BCUT2D eigenvalue weighted by molar-refractivity contribution is 7.99. The quantitative estimate of drug-likeness (QED) is 0.853. The van der Waals surface area contributed by atoms with Crippen molar-refractivity contribution in [1.82, 2.24) is 9.66 Å². The van der Waals surface area contributed by atoms with E-state index in [9.17, 15) is 4.79 Å². The lowest BCUT2D eigenvalue weighted by molar-refractivity contribution is -0.133. The Morgan fingerprint density at radius 3 is 2.83 bits per heavy atom. The number of nitrogens with zero attached hydrogens (tertiary/aromatic N) is 3. The number of carbonyl (C=O) groups is 1. The van der Waals surface area contributed by atoms with Gasteiger partial charge in [-0.25, -0.2) is 9.66 Å². The van der Waals surface area contributed by atoms with Crippen LogP contribution in [-0.2, 0) is 4.79 Å². The molecule has 1 heterocycles. The molecular weight excluding hydrogens is 250 g/mol. The topological polar surface area (TPSA) is 58.4 Å². The van der Waals surface area contributed by atoms with Crippen LogP contribution in [0.15, 0.2) is 23.4 Å². The van der Waals surface area contributed by atoms with E-state index in [0.717, 1.165) is 16.6 Å². The summed E-state index contributed by atoms with van der Waals surface area (Å²) in [5.74, 6) is -0.829. The number of thioether (sulfide) groups is 1. The number of aliphatic carboxylic acids is 1. The fourth-order valence-electron chi connectivity index (χ4n) is 1.85. The molecule has 6 heteroatoms. The van der Waals surface area contributed by atoms with Crippen molar-refractivity contribution < 1.29 is 9.90 Å². The molecule has 5 nitrogen and oxygen atoms in total. The summed E-state index contributed by atoms with van der Waals surface area (Å²) < 4.78 is 1.94. The first-order valence-corrected chi connectivity index (χ1v) is 6.49. The predicted octanol–water partition coefficient (Wildman–Crippen LogP) is 1.72. The highest BCUT2D eigenvalue weighted by atomic mass is 32.2. The first-order valence-electron chi connectivity index (χ1n) is 5.51. The molecule has 2 rings (SSSR count). The van der Waals surface area contributed by atoms with Crippen LogP contribution in [0.25, 0.3) is 11.0 Å². The maximum absolute atomic E-state index is 10.7. The summed E-state index contributed by atoms with van der Waals surface area (Å²) in [5, 5.41) is 11.4. The second-order valence-corrected chi connectivity index (χ2v) is 5.12. The van der Waals surface area contributed by atoms with Crippen molar-refractivity contribution in [1.29, 1.82) is 0 Å². The summed E-state index contributed by atoms with van der Waals surface area (Å²) in [4.78, 5) is 15.2. The molecule has 0 unspecified atom stereocenters. The van der Waals surface area contributed by atoms with Gasteiger partial charge in [-0.15, -0.1) is 0 Å². The minimum Gasteiger partial charge on any atom is -0.481 e. The Kier molecular flexibility index (Phi) is 3.47. The van der Waals surface area contributed by atoms with Gasteiger partial charge in [-0.05, 0) is 18.6 Å². The van der Waals surface area contributed by atoms with Crippen molar-refractivity contribution in [2.75, 3.05) is 24.9 Å². The molecule has 2 aromatic rings. The largest absolute Gasteiger partial charge is 0.481 e. The van der Waals surface area contributed by atoms with E-state index in [4.69, 9.17) is 5.11 Å². The van der Waals surface area contributed by atoms with Crippen LogP contribution in [0, 0.1) is 6.92 Å². The molecule has 1 aromatic carbocycles. The Hall–Kier alpha value is -1.69. The van der Waals surface area contributed by atoms with Gasteiger partial charge in [0.25, 0.3) is 0 Å². The molecule has 0 bridgehead atoms. The van der Waals surface area contributed by atoms with Crippen LogP contribution in [0.3, 0.4) is 0 Å². The van der Waals surface area contributed by atoms with Crippen LogP contribution in [0.2, 0.25) is 0 Å². The van der Waals surface area contributed by atoms with Gasteiger partial charge in [0.05, 0.1) is 16.8 Å². The van der Waals surface area contributed by atoms with Gasteiger partial charge in [0.15, 0.2) is 5.16 Å². The van der Waals surface area contributed by atoms with Crippen molar-refractivity contribution in [3.05, 3.63) is 23.8 Å². The molecule has 0 aliphatic rings. The summed E-state index contributed by atoms with van der Waals surface area (Å²) in [5.41, 5.74) is 3.03. The standard InChI is InChI=1S/C12H15N3O2S/c1-8-5-4-6-9-11(8)15(14(2)3)12(13-9)18-7-10(16)17/h4-6H,7H2,1-3H3,(H,16,17). The maximum atomic E-state index is 10.7. The first-order chi connectivity index (χ1) is 8.50. The van der Waals surface area contributed by atoms with Gasteiger partial charge in [-0.1, -0.05) is 23.9 Å². The molecular formula is C12H15N3O2S. The third-order valence-electron chi connectivity index (χ3n) is 2.55. The molecule has 0 aliphatic heterocycles. The van der Waals surface area contributed by atoms with Crippen molar-refractivity contribution in [2.24, 2.45) is 0 Å². The van der Waals surface area contributed by atoms with Crippen LogP contribution in [-0.4, -0.2) is 40.6 Å². The van der Waals surface area contributed by atoms with E-state index in [0.29, 0.717) is 5.16 Å². The predicted molar refractivity (Wildman–Crippen MR) is 72.9 cm³/mol. The Balaban J connectivity index is 2.55. The number of rotatable bonds is 4. The molecule has 0 aliphatic carbocycles. The summed E-state index contributed by atoms with van der Waals surface area (Å²) in [6.07, 6.45) is 0. The van der Waals surface area contributed by atoms with Crippen LogP contribution in [0.4, 0.5) is 0 Å². The van der Waals surface area contributed by atoms with Crippen LogP contribution < -0.4 is 5.01 Å². The van der Waals surface area contributed by atoms with Crippen molar-refractivity contribution in [2.45, 2.75) is 12.1 Å². The smallest absolute Gasteiger partial charge is 0.313 e. The van der Waals surface area contributed by atoms with E-state index in [1.807, 2.05) is 48.9 Å². The molecule has 0 saturated carbocycles. The number of carboxylic acids is 1. The molecule has 0 saturated heterocycles. The maximum Gasteiger partial charge on any atom is 0.313 e. The van der Waals surface area contributed by atoms with Gasteiger partial charge < -0.3 is 10.1 Å². The second-order valence-electron chi connectivity index (χ2n) is 4.18. The minimum absolute atomic E-state index is 0.0101. The van der Waals surface area contributed by atoms with E-state index >= 15 is 0 Å². The van der Waals surface area contributed by atoms with Crippen molar-refractivity contribution in [3.8, 4) is 0 Å². The fourth-order valence-corrected chi connectivity index (χ4v) is 2.64. The number of aryl methyl sites for hydroxylation is 1. The zero-order chi connectivity index (χ0) is 13.3. The number of fused-ring (bicyclic) bond motifs is 1. The third kappa shape index (κ3) is 2.28. The molecule has 0 amide bonds. The Labute approximate surface area is 109 Å². The van der Waals surface area contributed by atoms with Gasteiger partial charge in [-0.3, -0.25) is 4.79 Å².